The summed E-state index contributed by atoms with van der Waals surface area (Å²) in [6.07, 6.45) is 3.85. The summed E-state index contributed by atoms with van der Waals surface area (Å²) in [5, 5.41) is 2.96. The maximum atomic E-state index is 12.3. The second kappa shape index (κ2) is 7.88. The zero-order valence-corrected chi connectivity index (χ0v) is 12.9. The first-order valence-corrected chi connectivity index (χ1v) is 7.48. The van der Waals surface area contributed by atoms with Crippen LogP contribution in [0.4, 0.5) is 0 Å². The number of methoxy groups -OCH3 is 2. The van der Waals surface area contributed by atoms with Crippen molar-refractivity contribution in [1.29, 1.82) is 0 Å². The van der Waals surface area contributed by atoms with Crippen LogP contribution in [-0.4, -0.2) is 51.2 Å². The monoisotopic (exact) mass is 292 g/mol. The van der Waals surface area contributed by atoms with Crippen molar-refractivity contribution in [2.24, 2.45) is 0 Å². The van der Waals surface area contributed by atoms with Gasteiger partial charge in [0.25, 0.3) is 5.91 Å². The Balaban J connectivity index is 1.90. The van der Waals surface area contributed by atoms with Gasteiger partial charge in [0.2, 0.25) is 0 Å². The van der Waals surface area contributed by atoms with Crippen LogP contribution in [0.5, 0.6) is 11.5 Å². The maximum Gasteiger partial charge on any atom is 0.255 e. The van der Waals surface area contributed by atoms with Crippen molar-refractivity contribution in [2.75, 3.05) is 40.4 Å². The number of hydrogen-bond acceptors (Lipinski definition) is 4. The van der Waals surface area contributed by atoms with Gasteiger partial charge in [-0.2, -0.15) is 0 Å². The predicted molar refractivity (Wildman–Crippen MR) is 82.2 cm³/mol. The molecule has 116 valence electrons. The van der Waals surface area contributed by atoms with Crippen LogP contribution in [0.25, 0.3) is 0 Å². The fraction of sp³-hybridized carbons (Fsp3) is 0.562. The van der Waals surface area contributed by atoms with E-state index in [1.54, 1.807) is 32.4 Å². The summed E-state index contributed by atoms with van der Waals surface area (Å²) in [5.74, 6) is 0.930. The zero-order valence-electron chi connectivity index (χ0n) is 12.9. The van der Waals surface area contributed by atoms with Gasteiger partial charge in [-0.1, -0.05) is 12.5 Å². The van der Waals surface area contributed by atoms with E-state index in [1.807, 2.05) is 0 Å². The number of ether oxygens (including phenoxy) is 2. The van der Waals surface area contributed by atoms with Gasteiger partial charge in [-0.05, 0) is 38.1 Å². The Kier molecular flexibility index (Phi) is 5.87. The van der Waals surface area contributed by atoms with Crippen LogP contribution in [-0.2, 0) is 0 Å². The lowest BCUT2D eigenvalue weighted by molar-refractivity contribution is 0.0943. The van der Waals surface area contributed by atoms with Gasteiger partial charge < -0.3 is 19.7 Å². The van der Waals surface area contributed by atoms with Gasteiger partial charge in [-0.25, -0.2) is 0 Å². The SMILES string of the molecule is COc1cccc(C(=O)NCCN2CCCCC2)c1OC. The number of hydrogen-bond donors (Lipinski definition) is 1. The molecule has 1 fully saturated rings. The topological polar surface area (TPSA) is 50.8 Å². The first-order valence-electron chi connectivity index (χ1n) is 7.48. The lowest BCUT2D eigenvalue weighted by atomic mass is 10.1. The molecule has 0 radical (unpaired) electrons. The van der Waals surface area contributed by atoms with Crippen molar-refractivity contribution in [3.05, 3.63) is 23.8 Å². The summed E-state index contributed by atoms with van der Waals surface area (Å²) >= 11 is 0. The van der Waals surface area contributed by atoms with E-state index in [0.29, 0.717) is 23.6 Å². The highest BCUT2D eigenvalue weighted by Gasteiger charge is 2.16. The number of para-hydroxylation sites is 1. The molecule has 1 saturated heterocycles. The third-order valence-corrected chi connectivity index (χ3v) is 3.81. The Morgan fingerprint density at radius 1 is 1.19 bits per heavy atom. The molecule has 1 N–H and O–H groups in total. The first-order chi connectivity index (χ1) is 10.3. The lowest BCUT2D eigenvalue weighted by Gasteiger charge is -2.26. The molecule has 0 aromatic heterocycles. The third-order valence-electron chi connectivity index (χ3n) is 3.81. The van der Waals surface area contributed by atoms with Crippen LogP contribution in [0.2, 0.25) is 0 Å². The number of rotatable bonds is 6. The summed E-state index contributed by atoms with van der Waals surface area (Å²) < 4.78 is 10.5. The van der Waals surface area contributed by atoms with E-state index in [9.17, 15) is 4.79 Å². The average Bonchev–Trinajstić information content (AvgIpc) is 2.54. The van der Waals surface area contributed by atoms with Crippen LogP contribution in [0.3, 0.4) is 0 Å². The van der Waals surface area contributed by atoms with Crippen LogP contribution in [0.1, 0.15) is 29.6 Å². The number of amides is 1. The summed E-state index contributed by atoms with van der Waals surface area (Å²) in [7, 11) is 3.11. The molecule has 0 atom stereocenters. The molecule has 1 aromatic rings. The van der Waals surface area contributed by atoms with E-state index in [0.717, 1.165) is 19.6 Å². The number of nitrogens with one attached hydrogen (secondary N) is 1. The van der Waals surface area contributed by atoms with Crippen LogP contribution in [0.15, 0.2) is 18.2 Å². The van der Waals surface area contributed by atoms with Crippen molar-refractivity contribution in [3.8, 4) is 11.5 Å². The Hall–Kier alpha value is -1.75. The maximum absolute atomic E-state index is 12.3. The summed E-state index contributed by atoms with van der Waals surface area (Å²) in [6.45, 7) is 3.83. The van der Waals surface area contributed by atoms with Gasteiger partial charge >= 0.3 is 0 Å². The molecule has 1 heterocycles. The number of benzene rings is 1. The fourth-order valence-electron chi connectivity index (χ4n) is 2.67. The second-order valence-electron chi connectivity index (χ2n) is 5.20. The van der Waals surface area contributed by atoms with Crippen molar-refractivity contribution in [3.63, 3.8) is 0 Å². The number of piperidine rings is 1. The molecule has 1 aromatic carbocycles. The highest BCUT2D eigenvalue weighted by molar-refractivity contribution is 5.97. The van der Waals surface area contributed by atoms with Crippen LogP contribution < -0.4 is 14.8 Å². The summed E-state index contributed by atoms with van der Waals surface area (Å²) in [6, 6.07) is 5.32. The quantitative estimate of drug-likeness (QED) is 0.870. The van der Waals surface area contributed by atoms with Crippen molar-refractivity contribution < 1.29 is 14.3 Å². The molecule has 1 amide bonds. The number of carbonyl (C=O) groups is 1. The minimum absolute atomic E-state index is 0.122. The normalized spacial score (nSPS) is 15.5. The average molecular weight is 292 g/mol. The summed E-state index contributed by atoms with van der Waals surface area (Å²) in [5.41, 5.74) is 0.510. The largest absolute Gasteiger partial charge is 0.493 e. The fourth-order valence-corrected chi connectivity index (χ4v) is 2.67. The van der Waals surface area contributed by atoms with Gasteiger partial charge in [-0.3, -0.25) is 4.79 Å². The Labute approximate surface area is 126 Å². The molecule has 0 saturated carbocycles. The minimum Gasteiger partial charge on any atom is -0.493 e. The highest BCUT2D eigenvalue weighted by atomic mass is 16.5. The Bertz CT molecular complexity index is 471. The van der Waals surface area contributed by atoms with E-state index in [4.69, 9.17) is 9.47 Å². The molecule has 1 aliphatic rings. The van der Waals surface area contributed by atoms with Gasteiger partial charge in [0, 0.05) is 13.1 Å². The van der Waals surface area contributed by atoms with Crippen molar-refractivity contribution in [2.45, 2.75) is 19.3 Å². The Morgan fingerprint density at radius 2 is 1.95 bits per heavy atom. The molecule has 5 heteroatoms. The minimum atomic E-state index is -0.122. The highest BCUT2D eigenvalue weighted by Crippen LogP contribution is 2.30. The molecule has 1 aliphatic heterocycles. The number of nitrogens with zero attached hydrogens (tertiary/aromatic N) is 1. The predicted octanol–water partition coefficient (Wildman–Crippen LogP) is 1.92. The molecule has 2 rings (SSSR count). The molecule has 21 heavy (non-hydrogen) atoms. The van der Waals surface area contributed by atoms with Gasteiger partial charge in [0.15, 0.2) is 11.5 Å². The third kappa shape index (κ3) is 4.11. The molecular weight excluding hydrogens is 268 g/mol. The smallest absolute Gasteiger partial charge is 0.255 e. The Morgan fingerprint density at radius 3 is 2.62 bits per heavy atom. The van der Waals surface area contributed by atoms with Crippen molar-refractivity contribution in [1.82, 2.24) is 10.2 Å². The van der Waals surface area contributed by atoms with E-state index in [-0.39, 0.29) is 5.91 Å². The molecule has 0 unspecified atom stereocenters. The van der Waals surface area contributed by atoms with E-state index in [2.05, 4.69) is 10.2 Å². The van der Waals surface area contributed by atoms with Crippen LogP contribution >= 0.6 is 0 Å². The molecular formula is C16H24N2O3. The molecule has 5 nitrogen and oxygen atoms in total. The van der Waals surface area contributed by atoms with Gasteiger partial charge in [-0.15, -0.1) is 0 Å². The first kappa shape index (κ1) is 15.6. The zero-order chi connectivity index (χ0) is 15.1. The molecule has 0 aliphatic carbocycles. The lowest BCUT2D eigenvalue weighted by Crippen LogP contribution is -2.37. The number of likely N-dealkylation sites (tertiary alicyclic amines) is 1. The van der Waals surface area contributed by atoms with Gasteiger partial charge in [0.05, 0.1) is 19.8 Å². The van der Waals surface area contributed by atoms with Gasteiger partial charge in [0.1, 0.15) is 0 Å². The van der Waals surface area contributed by atoms with E-state index < -0.39 is 0 Å². The van der Waals surface area contributed by atoms with Crippen molar-refractivity contribution >= 4 is 5.91 Å². The standard InChI is InChI=1S/C16H24N2O3/c1-20-14-8-6-7-13(15(14)21-2)16(19)17-9-12-18-10-4-3-5-11-18/h6-8H,3-5,9-12H2,1-2H3,(H,17,19). The van der Waals surface area contributed by atoms with E-state index >= 15 is 0 Å². The molecule has 0 spiro atoms. The molecule has 0 bridgehead atoms. The van der Waals surface area contributed by atoms with Crippen LogP contribution in [0, 0.1) is 0 Å². The number of carbonyl (C=O) groups excluding carboxylic acids is 1. The van der Waals surface area contributed by atoms with E-state index in [1.165, 1.54) is 19.3 Å². The summed E-state index contributed by atoms with van der Waals surface area (Å²) in [4.78, 5) is 14.7. The second-order valence-corrected chi connectivity index (χ2v) is 5.20.